The zero-order chi connectivity index (χ0) is 20.0. The Balaban J connectivity index is 1.50. The lowest BCUT2D eigenvalue weighted by Gasteiger charge is -2.31. The summed E-state index contributed by atoms with van der Waals surface area (Å²) in [4.78, 5) is 20.9. The summed E-state index contributed by atoms with van der Waals surface area (Å²) in [6.07, 6.45) is 6.27. The molecule has 5 nitrogen and oxygen atoms in total. The molecule has 0 bridgehead atoms. The van der Waals surface area contributed by atoms with Gasteiger partial charge < -0.3 is 14.6 Å². The highest BCUT2D eigenvalue weighted by molar-refractivity contribution is 5.59. The molecule has 5 heteroatoms. The number of likely N-dealkylation sites (tertiary alicyclic amines) is 1. The Morgan fingerprint density at radius 2 is 1.89 bits per heavy atom. The quantitative estimate of drug-likeness (QED) is 0.538. The summed E-state index contributed by atoms with van der Waals surface area (Å²) in [5.41, 5.74) is 3.82. The van der Waals surface area contributed by atoms with E-state index in [0.29, 0.717) is 19.0 Å². The number of aromatic amines is 1. The average molecular weight is 384 g/mol. The lowest BCUT2D eigenvalue weighted by molar-refractivity contribution is -0.128. The number of hydrogen-bond donors (Lipinski definition) is 1. The van der Waals surface area contributed by atoms with Crippen LogP contribution in [0.5, 0.6) is 0 Å². The fourth-order valence-electron chi connectivity index (χ4n) is 3.84. The van der Waals surface area contributed by atoms with Crippen molar-refractivity contribution in [2.45, 2.75) is 57.8 Å². The third-order valence-corrected chi connectivity index (χ3v) is 5.69. The van der Waals surface area contributed by atoms with Gasteiger partial charge in [-0.1, -0.05) is 45.0 Å². The van der Waals surface area contributed by atoms with Gasteiger partial charge in [0.25, 0.3) is 6.47 Å². The highest BCUT2D eigenvalue weighted by Gasteiger charge is 2.22. The maximum absolute atomic E-state index is 10.1. The summed E-state index contributed by atoms with van der Waals surface area (Å²) >= 11 is 0. The molecule has 152 valence electrons. The van der Waals surface area contributed by atoms with Crippen molar-refractivity contribution in [1.29, 1.82) is 0 Å². The number of ether oxygens (including phenoxy) is 1. The lowest BCUT2D eigenvalue weighted by atomic mass is 9.86. The van der Waals surface area contributed by atoms with Crippen LogP contribution in [0.3, 0.4) is 0 Å². The second-order valence-electron chi connectivity index (χ2n) is 8.80. The third-order valence-electron chi connectivity index (χ3n) is 5.69. The van der Waals surface area contributed by atoms with Crippen LogP contribution in [0.1, 0.15) is 63.8 Å². The maximum atomic E-state index is 10.1. The van der Waals surface area contributed by atoms with E-state index in [2.05, 4.69) is 59.9 Å². The third kappa shape index (κ3) is 5.44. The molecule has 1 N–H and O–H groups in total. The molecular formula is C23H33N3O2. The first kappa shape index (κ1) is 20.6. The normalized spacial score (nSPS) is 16.2. The topological polar surface area (TPSA) is 58.2 Å². The van der Waals surface area contributed by atoms with E-state index in [-0.39, 0.29) is 5.41 Å². The fourth-order valence-corrected chi connectivity index (χ4v) is 3.84. The number of nitrogens with zero attached hydrogens (tertiary/aromatic N) is 2. The molecule has 2 aromatic rings. The van der Waals surface area contributed by atoms with Gasteiger partial charge in [0.05, 0.1) is 18.5 Å². The van der Waals surface area contributed by atoms with Crippen molar-refractivity contribution < 1.29 is 9.53 Å². The van der Waals surface area contributed by atoms with Crippen LogP contribution in [0.4, 0.5) is 0 Å². The molecule has 0 aliphatic carbocycles. The van der Waals surface area contributed by atoms with Crippen molar-refractivity contribution in [2.24, 2.45) is 0 Å². The van der Waals surface area contributed by atoms with Crippen LogP contribution in [-0.4, -0.2) is 47.6 Å². The Morgan fingerprint density at radius 3 is 2.54 bits per heavy atom. The summed E-state index contributed by atoms with van der Waals surface area (Å²) in [6, 6.07) is 8.81. The molecule has 2 heterocycles. The maximum Gasteiger partial charge on any atom is 0.293 e. The monoisotopic (exact) mass is 383 g/mol. The first-order chi connectivity index (χ1) is 13.5. The minimum atomic E-state index is 0.174. The van der Waals surface area contributed by atoms with E-state index in [9.17, 15) is 4.79 Å². The van der Waals surface area contributed by atoms with Crippen LogP contribution in [0.15, 0.2) is 30.5 Å². The number of hydrogen-bond acceptors (Lipinski definition) is 4. The molecule has 0 unspecified atom stereocenters. The zero-order valence-electron chi connectivity index (χ0n) is 17.4. The number of rotatable bonds is 8. The number of H-pyrrole nitrogens is 1. The van der Waals surface area contributed by atoms with Gasteiger partial charge in [0, 0.05) is 5.92 Å². The highest BCUT2D eigenvalue weighted by atomic mass is 16.5. The first-order valence-corrected chi connectivity index (χ1v) is 10.4. The number of benzene rings is 1. The van der Waals surface area contributed by atoms with Crippen molar-refractivity contribution in [3.05, 3.63) is 41.9 Å². The van der Waals surface area contributed by atoms with Gasteiger partial charge in [-0.3, -0.25) is 4.79 Å². The van der Waals surface area contributed by atoms with Crippen molar-refractivity contribution in [2.75, 3.05) is 26.2 Å². The molecule has 1 aromatic carbocycles. The molecule has 1 saturated heterocycles. The number of unbranched alkanes of at least 4 members (excludes halogenated alkanes) is 1. The molecule has 0 spiro atoms. The smallest absolute Gasteiger partial charge is 0.293 e. The molecule has 1 aliphatic heterocycles. The standard InChI is InChI=1S/C23H33N3O2/c1-23(2,3)20-8-6-18(7-9-20)21-16-24-22(25-21)19-10-13-26(14-11-19)12-4-5-15-28-17-27/h6-9,16-17,19H,4-5,10-15H2,1-3H3,(H,24,25). The second kappa shape index (κ2) is 9.37. The number of aromatic nitrogens is 2. The summed E-state index contributed by atoms with van der Waals surface area (Å²) < 4.78 is 4.75. The van der Waals surface area contributed by atoms with Gasteiger partial charge in [-0.25, -0.2) is 4.98 Å². The van der Waals surface area contributed by atoms with Gasteiger partial charge in [-0.2, -0.15) is 0 Å². The zero-order valence-corrected chi connectivity index (χ0v) is 17.4. The van der Waals surface area contributed by atoms with Crippen LogP contribution in [-0.2, 0) is 14.9 Å². The molecule has 28 heavy (non-hydrogen) atoms. The van der Waals surface area contributed by atoms with Gasteiger partial charge in [0.15, 0.2) is 0 Å². The average Bonchev–Trinajstić information content (AvgIpc) is 3.18. The molecular weight excluding hydrogens is 350 g/mol. The van der Waals surface area contributed by atoms with E-state index < -0.39 is 0 Å². The van der Waals surface area contributed by atoms with E-state index in [1.54, 1.807) is 0 Å². The Morgan fingerprint density at radius 1 is 1.18 bits per heavy atom. The molecule has 1 aromatic heterocycles. The van der Waals surface area contributed by atoms with Crippen LogP contribution < -0.4 is 0 Å². The van der Waals surface area contributed by atoms with Crippen molar-refractivity contribution in [3.8, 4) is 11.3 Å². The Hall–Kier alpha value is -2.14. The molecule has 0 atom stereocenters. The van der Waals surface area contributed by atoms with E-state index in [4.69, 9.17) is 4.74 Å². The first-order valence-electron chi connectivity index (χ1n) is 10.4. The molecule has 1 fully saturated rings. The highest BCUT2D eigenvalue weighted by Crippen LogP contribution is 2.29. The van der Waals surface area contributed by atoms with Gasteiger partial charge in [-0.15, -0.1) is 0 Å². The van der Waals surface area contributed by atoms with Gasteiger partial charge >= 0.3 is 0 Å². The number of imidazole rings is 1. The Bertz CT molecular complexity index is 738. The molecule has 3 rings (SSSR count). The molecule has 0 amide bonds. The summed E-state index contributed by atoms with van der Waals surface area (Å²) in [6.45, 7) is 11.1. The number of carbonyl (C=O) groups excluding carboxylic acids is 1. The predicted octanol–water partition coefficient (Wildman–Crippen LogP) is 4.51. The summed E-state index contributed by atoms with van der Waals surface area (Å²) in [5.74, 6) is 1.63. The SMILES string of the molecule is CC(C)(C)c1ccc(-c2cnc(C3CCN(CCCCOC=O)CC3)[nH]2)cc1. The minimum absolute atomic E-state index is 0.174. The lowest BCUT2D eigenvalue weighted by Crippen LogP contribution is -2.34. The van der Waals surface area contributed by atoms with E-state index in [1.165, 1.54) is 11.1 Å². The Kier molecular flexibility index (Phi) is 6.89. The van der Waals surface area contributed by atoms with Crippen LogP contribution in [0.2, 0.25) is 0 Å². The van der Waals surface area contributed by atoms with Crippen LogP contribution in [0, 0.1) is 0 Å². The van der Waals surface area contributed by atoms with Crippen molar-refractivity contribution in [1.82, 2.24) is 14.9 Å². The van der Waals surface area contributed by atoms with Crippen LogP contribution >= 0.6 is 0 Å². The van der Waals surface area contributed by atoms with Gasteiger partial charge in [-0.05, 0) is 61.9 Å². The van der Waals surface area contributed by atoms with Gasteiger partial charge in [0.2, 0.25) is 0 Å². The number of carbonyl (C=O) groups is 1. The molecule has 1 aliphatic rings. The fraction of sp³-hybridized carbons (Fsp3) is 0.565. The van der Waals surface area contributed by atoms with E-state index >= 15 is 0 Å². The largest absolute Gasteiger partial charge is 0.468 e. The van der Waals surface area contributed by atoms with Crippen molar-refractivity contribution in [3.63, 3.8) is 0 Å². The minimum Gasteiger partial charge on any atom is -0.468 e. The molecule has 0 saturated carbocycles. The number of nitrogens with one attached hydrogen (secondary N) is 1. The Labute approximate surface area is 168 Å². The van der Waals surface area contributed by atoms with E-state index in [0.717, 1.165) is 56.8 Å². The van der Waals surface area contributed by atoms with Gasteiger partial charge in [0.1, 0.15) is 5.82 Å². The van der Waals surface area contributed by atoms with Crippen molar-refractivity contribution >= 4 is 6.47 Å². The predicted molar refractivity (Wildman–Crippen MR) is 112 cm³/mol. The molecule has 0 radical (unpaired) electrons. The summed E-state index contributed by atoms with van der Waals surface area (Å²) in [5, 5.41) is 0. The van der Waals surface area contributed by atoms with E-state index in [1.807, 2.05) is 6.20 Å². The summed E-state index contributed by atoms with van der Waals surface area (Å²) in [7, 11) is 0. The second-order valence-corrected chi connectivity index (χ2v) is 8.80. The van der Waals surface area contributed by atoms with Crippen LogP contribution in [0.25, 0.3) is 11.3 Å². The number of piperidine rings is 1.